The van der Waals surface area contributed by atoms with Crippen molar-refractivity contribution >= 4 is 35.3 Å². The lowest BCUT2D eigenvalue weighted by Gasteiger charge is -2.10. The SMILES string of the molecule is O=C(O)Cc1cc(Cl)ccc1Sc1ccc(F)cc1C(=O)O. The van der Waals surface area contributed by atoms with E-state index in [2.05, 4.69) is 0 Å². The average molecular weight is 341 g/mol. The maximum atomic E-state index is 13.2. The van der Waals surface area contributed by atoms with Gasteiger partial charge in [0, 0.05) is 14.8 Å². The highest BCUT2D eigenvalue weighted by atomic mass is 35.5. The Kier molecular flexibility index (Phi) is 5.05. The molecule has 4 nitrogen and oxygen atoms in total. The highest BCUT2D eigenvalue weighted by molar-refractivity contribution is 7.99. The zero-order chi connectivity index (χ0) is 16.3. The summed E-state index contributed by atoms with van der Waals surface area (Å²) in [6, 6.07) is 8.14. The first-order valence-electron chi connectivity index (χ1n) is 6.07. The number of aromatic carboxylic acids is 1. The lowest BCUT2D eigenvalue weighted by Crippen LogP contribution is -2.03. The first-order valence-corrected chi connectivity index (χ1v) is 7.27. The molecule has 2 aromatic rings. The molecule has 0 saturated carbocycles. The lowest BCUT2D eigenvalue weighted by molar-refractivity contribution is -0.136. The fraction of sp³-hybridized carbons (Fsp3) is 0.0667. The van der Waals surface area contributed by atoms with Crippen LogP contribution >= 0.6 is 23.4 Å². The van der Waals surface area contributed by atoms with Crippen molar-refractivity contribution in [2.75, 3.05) is 0 Å². The van der Waals surface area contributed by atoms with Gasteiger partial charge < -0.3 is 10.2 Å². The smallest absolute Gasteiger partial charge is 0.336 e. The predicted octanol–water partition coefficient (Wildman–Crippen LogP) is 3.96. The van der Waals surface area contributed by atoms with Crippen molar-refractivity contribution in [3.63, 3.8) is 0 Å². The molecule has 0 bridgehead atoms. The summed E-state index contributed by atoms with van der Waals surface area (Å²) in [5, 5.41) is 18.5. The molecule has 0 unspecified atom stereocenters. The molecule has 0 radical (unpaired) electrons. The molecule has 114 valence electrons. The fourth-order valence-corrected chi connectivity index (χ4v) is 3.05. The van der Waals surface area contributed by atoms with E-state index < -0.39 is 17.8 Å². The Morgan fingerprint density at radius 3 is 2.41 bits per heavy atom. The second kappa shape index (κ2) is 6.81. The van der Waals surface area contributed by atoms with Crippen LogP contribution in [0.15, 0.2) is 46.2 Å². The first kappa shape index (κ1) is 16.3. The van der Waals surface area contributed by atoms with Gasteiger partial charge in [-0.3, -0.25) is 4.79 Å². The number of rotatable bonds is 5. The van der Waals surface area contributed by atoms with E-state index in [1.807, 2.05) is 0 Å². The van der Waals surface area contributed by atoms with Crippen LogP contribution in [0.1, 0.15) is 15.9 Å². The summed E-state index contributed by atoms with van der Waals surface area (Å²) in [6.45, 7) is 0. The fourth-order valence-electron chi connectivity index (χ4n) is 1.83. The number of hydrogen-bond acceptors (Lipinski definition) is 3. The zero-order valence-corrected chi connectivity index (χ0v) is 12.6. The van der Waals surface area contributed by atoms with E-state index in [1.165, 1.54) is 12.1 Å². The van der Waals surface area contributed by atoms with E-state index in [0.717, 1.165) is 23.9 Å². The van der Waals surface area contributed by atoms with E-state index in [0.29, 0.717) is 20.4 Å². The molecule has 2 rings (SSSR count). The number of carboxylic acid groups (broad SMARTS) is 2. The second-order valence-electron chi connectivity index (χ2n) is 4.37. The minimum absolute atomic E-state index is 0.179. The Bertz CT molecular complexity index is 748. The molecule has 0 fully saturated rings. The topological polar surface area (TPSA) is 74.6 Å². The Morgan fingerprint density at radius 1 is 1.09 bits per heavy atom. The van der Waals surface area contributed by atoms with Gasteiger partial charge in [0.2, 0.25) is 0 Å². The monoisotopic (exact) mass is 340 g/mol. The molecular formula is C15H10ClFO4S. The van der Waals surface area contributed by atoms with Gasteiger partial charge in [0.15, 0.2) is 0 Å². The highest BCUT2D eigenvalue weighted by Crippen LogP contribution is 2.34. The summed E-state index contributed by atoms with van der Waals surface area (Å²) in [5.74, 6) is -2.93. The molecule has 0 aromatic heterocycles. The molecule has 2 aromatic carbocycles. The predicted molar refractivity (Wildman–Crippen MR) is 80.3 cm³/mol. The maximum Gasteiger partial charge on any atom is 0.336 e. The van der Waals surface area contributed by atoms with E-state index in [9.17, 15) is 14.0 Å². The first-order chi connectivity index (χ1) is 10.4. The quantitative estimate of drug-likeness (QED) is 0.861. The maximum absolute atomic E-state index is 13.2. The zero-order valence-electron chi connectivity index (χ0n) is 11.0. The average Bonchev–Trinajstić information content (AvgIpc) is 2.42. The summed E-state index contributed by atoms with van der Waals surface area (Å²) < 4.78 is 13.2. The third kappa shape index (κ3) is 3.99. The Balaban J connectivity index is 2.43. The molecule has 7 heteroatoms. The number of halogens is 2. The van der Waals surface area contributed by atoms with Crippen molar-refractivity contribution in [2.24, 2.45) is 0 Å². The van der Waals surface area contributed by atoms with E-state index in [4.69, 9.17) is 21.8 Å². The van der Waals surface area contributed by atoms with Crippen LogP contribution in [0.4, 0.5) is 4.39 Å². The molecule has 0 saturated heterocycles. The van der Waals surface area contributed by atoms with Gasteiger partial charge in [-0.25, -0.2) is 9.18 Å². The van der Waals surface area contributed by atoms with Gasteiger partial charge in [-0.1, -0.05) is 23.4 Å². The van der Waals surface area contributed by atoms with Crippen LogP contribution in [0.2, 0.25) is 5.02 Å². The highest BCUT2D eigenvalue weighted by Gasteiger charge is 2.15. The van der Waals surface area contributed by atoms with Crippen LogP contribution in [0.3, 0.4) is 0 Å². The molecule has 0 atom stereocenters. The Morgan fingerprint density at radius 2 is 1.77 bits per heavy atom. The second-order valence-corrected chi connectivity index (χ2v) is 5.89. The normalized spacial score (nSPS) is 10.5. The molecule has 2 N–H and O–H groups in total. The minimum Gasteiger partial charge on any atom is -0.481 e. The lowest BCUT2D eigenvalue weighted by atomic mass is 10.1. The van der Waals surface area contributed by atoms with Gasteiger partial charge in [0.1, 0.15) is 5.82 Å². The molecule has 0 amide bonds. The third-order valence-electron chi connectivity index (χ3n) is 2.76. The van der Waals surface area contributed by atoms with Crippen LogP contribution in [-0.4, -0.2) is 22.2 Å². The van der Waals surface area contributed by atoms with Crippen LogP contribution in [0.5, 0.6) is 0 Å². The van der Waals surface area contributed by atoms with Gasteiger partial charge in [0.05, 0.1) is 12.0 Å². The molecule has 0 spiro atoms. The standard InChI is InChI=1S/C15H10ClFO4S/c16-9-1-3-12(8(5-9)6-14(18)19)22-13-4-2-10(17)7-11(13)15(20)21/h1-5,7H,6H2,(H,18,19)(H,20,21). The summed E-state index contributed by atoms with van der Waals surface area (Å²) in [5.41, 5.74) is 0.284. The van der Waals surface area contributed by atoms with Gasteiger partial charge in [-0.2, -0.15) is 0 Å². The van der Waals surface area contributed by atoms with E-state index >= 15 is 0 Å². The van der Waals surface area contributed by atoms with E-state index in [1.54, 1.807) is 12.1 Å². The summed E-state index contributed by atoms with van der Waals surface area (Å²) in [6.07, 6.45) is -0.244. The van der Waals surface area contributed by atoms with Crippen molar-refractivity contribution in [3.05, 3.63) is 58.4 Å². The molecular weight excluding hydrogens is 331 g/mol. The molecule has 22 heavy (non-hydrogen) atoms. The van der Waals surface area contributed by atoms with Gasteiger partial charge in [0.25, 0.3) is 0 Å². The van der Waals surface area contributed by atoms with Crippen molar-refractivity contribution in [3.8, 4) is 0 Å². The van der Waals surface area contributed by atoms with Crippen LogP contribution in [-0.2, 0) is 11.2 Å². The molecule has 0 aliphatic carbocycles. The van der Waals surface area contributed by atoms with Gasteiger partial charge in [-0.05, 0) is 42.0 Å². The molecule has 0 aliphatic rings. The molecule has 0 aliphatic heterocycles. The molecule has 0 heterocycles. The minimum atomic E-state index is -1.25. The van der Waals surface area contributed by atoms with Crippen LogP contribution in [0.25, 0.3) is 0 Å². The number of carbonyl (C=O) groups is 2. The third-order valence-corrected chi connectivity index (χ3v) is 4.19. The number of hydrogen-bond donors (Lipinski definition) is 2. The van der Waals surface area contributed by atoms with Gasteiger partial charge in [-0.15, -0.1) is 0 Å². The Hall–Kier alpha value is -2.05. The van der Waals surface area contributed by atoms with Crippen molar-refractivity contribution in [1.82, 2.24) is 0 Å². The number of benzene rings is 2. The summed E-state index contributed by atoms with van der Waals surface area (Å²) in [7, 11) is 0. The largest absolute Gasteiger partial charge is 0.481 e. The van der Waals surface area contributed by atoms with Crippen LogP contribution in [0, 0.1) is 5.82 Å². The Labute approximate surface area is 134 Å². The van der Waals surface area contributed by atoms with Crippen molar-refractivity contribution in [1.29, 1.82) is 0 Å². The number of carboxylic acids is 2. The van der Waals surface area contributed by atoms with Crippen molar-refractivity contribution < 1.29 is 24.2 Å². The van der Waals surface area contributed by atoms with Gasteiger partial charge >= 0.3 is 11.9 Å². The summed E-state index contributed by atoms with van der Waals surface area (Å²) >= 11 is 6.92. The van der Waals surface area contributed by atoms with Crippen molar-refractivity contribution in [2.45, 2.75) is 16.2 Å². The van der Waals surface area contributed by atoms with Crippen LogP contribution < -0.4 is 0 Å². The summed E-state index contributed by atoms with van der Waals surface area (Å²) in [4.78, 5) is 23.0. The van der Waals surface area contributed by atoms with E-state index in [-0.39, 0.29) is 12.0 Å². The number of aliphatic carboxylic acids is 1.